The lowest BCUT2D eigenvalue weighted by Gasteiger charge is -2.07. The summed E-state index contributed by atoms with van der Waals surface area (Å²) in [6.07, 6.45) is 6.66. The maximum absolute atomic E-state index is 6.20. The van der Waals surface area contributed by atoms with Crippen molar-refractivity contribution in [3.63, 3.8) is 0 Å². The van der Waals surface area contributed by atoms with Crippen LogP contribution in [0.3, 0.4) is 0 Å². The van der Waals surface area contributed by atoms with Crippen molar-refractivity contribution in [1.29, 1.82) is 0 Å². The summed E-state index contributed by atoms with van der Waals surface area (Å²) in [6.45, 7) is 0. The summed E-state index contributed by atoms with van der Waals surface area (Å²) in [6, 6.07) is 5.77. The van der Waals surface area contributed by atoms with E-state index in [0.717, 1.165) is 18.4 Å². The highest BCUT2D eigenvalue weighted by Crippen LogP contribution is 2.31. The molecule has 1 atom stereocenters. The first-order valence-corrected chi connectivity index (χ1v) is 6.66. The molecule has 0 N–H and O–H groups in total. The van der Waals surface area contributed by atoms with E-state index in [9.17, 15) is 0 Å². The predicted molar refractivity (Wildman–Crippen MR) is 72.5 cm³/mol. The summed E-state index contributed by atoms with van der Waals surface area (Å²) < 4.78 is 0. The summed E-state index contributed by atoms with van der Waals surface area (Å²) in [5.74, 6) is 0. The van der Waals surface area contributed by atoms with Gasteiger partial charge in [-0.05, 0) is 42.5 Å². The van der Waals surface area contributed by atoms with Crippen LogP contribution in [0.2, 0.25) is 10.0 Å². The predicted octanol–water partition coefficient (Wildman–Crippen LogP) is 5.56. The highest BCUT2D eigenvalue weighted by atomic mass is 35.5. The second-order valence-electron chi connectivity index (χ2n) is 4.08. The molecule has 0 radical (unpaired) electrons. The average molecular weight is 276 g/mol. The monoisotopic (exact) mass is 274 g/mol. The van der Waals surface area contributed by atoms with E-state index < -0.39 is 0 Å². The molecule has 1 aliphatic rings. The van der Waals surface area contributed by atoms with Gasteiger partial charge in [-0.3, -0.25) is 0 Å². The molecule has 0 spiro atoms. The second kappa shape index (κ2) is 5.44. The maximum Gasteiger partial charge on any atom is 0.0598 e. The lowest BCUT2D eigenvalue weighted by molar-refractivity contribution is 0.724. The average Bonchev–Trinajstić information content (AvgIpc) is 2.47. The summed E-state index contributed by atoms with van der Waals surface area (Å²) in [4.78, 5) is 0. The lowest BCUT2D eigenvalue weighted by atomic mass is 10.0. The van der Waals surface area contributed by atoms with E-state index in [1.165, 1.54) is 18.4 Å². The zero-order valence-corrected chi connectivity index (χ0v) is 11.1. The number of hydrogen-bond donors (Lipinski definition) is 0. The Balaban J connectivity index is 2.31. The Kier molecular flexibility index (Phi) is 4.18. The Morgan fingerprint density at radius 1 is 1.06 bits per heavy atom. The Morgan fingerprint density at radius 3 is 2.62 bits per heavy atom. The fourth-order valence-corrected chi connectivity index (χ4v) is 2.58. The SMILES string of the molecule is Clc1ccc(C2=CC(Cl)CCCC2)cc1Cl. The van der Waals surface area contributed by atoms with E-state index in [0.29, 0.717) is 10.0 Å². The van der Waals surface area contributed by atoms with E-state index in [4.69, 9.17) is 34.8 Å². The van der Waals surface area contributed by atoms with Crippen LogP contribution in [0.4, 0.5) is 0 Å². The van der Waals surface area contributed by atoms with Crippen LogP contribution in [0, 0.1) is 0 Å². The molecule has 0 nitrogen and oxygen atoms in total. The third kappa shape index (κ3) is 2.94. The zero-order valence-electron chi connectivity index (χ0n) is 8.85. The number of rotatable bonds is 1. The number of alkyl halides is 1. The molecule has 16 heavy (non-hydrogen) atoms. The normalized spacial score (nSPS) is 21.4. The van der Waals surface area contributed by atoms with Gasteiger partial charge in [-0.15, -0.1) is 11.6 Å². The summed E-state index contributed by atoms with van der Waals surface area (Å²) in [7, 11) is 0. The molecule has 0 amide bonds. The first kappa shape index (κ1) is 12.3. The number of halogens is 3. The van der Waals surface area contributed by atoms with E-state index in [-0.39, 0.29) is 5.38 Å². The first-order chi connectivity index (χ1) is 7.66. The Morgan fingerprint density at radius 2 is 1.88 bits per heavy atom. The molecular formula is C13H13Cl3. The van der Waals surface area contributed by atoms with E-state index in [2.05, 4.69) is 6.08 Å². The van der Waals surface area contributed by atoms with Gasteiger partial charge in [0.05, 0.1) is 15.4 Å². The molecule has 1 aromatic rings. The molecule has 3 heteroatoms. The summed E-state index contributed by atoms with van der Waals surface area (Å²) in [5, 5.41) is 1.35. The molecule has 1 aliphatic carbocycles. The Bertz CT molecular complexity index is 410. The molecule has 0 fully saturated rings. The van der Waals surface area contributed by atoms with Crippen molar-refractivity contribution >= 4 is 40.4 Å². The van der Waals surface area contributed by atoms with E-state index in [1.807, 2.05) is 18.2 Å². The Hall–Kier alpha value is -0.170. The number of benzene rings is 1. The van der Waals surface area contributed by atoms with Crippen molar-refractivity contribution in [2.75, 3.05) is 0 Å². The quantitative estimate of drug-likeness (QED) is 0.589. The van der Waals surface area contributed by atoms with Crippen LogP contribution in [0.1, 0.15) is 31.2 Å². The molecule has 86 valence electrons. The van der Waals surface area contributed by atoms with Gasteiger partial charge in [0.25, 0.3) is 0 Å². The molecular weight excluding hydrogens is 263 g/mol. The molecule has 1 aromatic carbocycles. The maximum atomic E-state index is 6.20. The van der Waals surface area contributed by atoms with Crippen molar-refractivity contribution in [1.82, 2.24) is 0 Å². The van der Waals surface area contributed by atoms with Crippen LogP contribution in [-0.4, -0.2) is 5.38 Å². The van der Waals surface area contributed by atoms with E-state index >= 15 is 0 Å². The molecule has 0 heterocycles. The first-order valence-electron chi connectivity index (χ1n) is 5.47. The minimum atomic E-state index is 0.145. The van der Waals surface area contributed by atoms with Gasteiger partial charge in [-0.1, -0.05) is 41.8 Å². The van der Waals surface area contributed by atoms with Gasteiger partial charge in [-0.2, -0.15) is 0 Å². The van der Waals surface area contributed by atoms with Crippen molar-refractivity contribution in [2.45, 2.75) is 31.1 Å². The van der Waals surface area contributed by atoms with Gasteiger partial charge in [0, 0.05) is 0 Å². The second-order valence-corrected chi connectivity index (χ2v) is 5.46. The van der Waals surface area contributed by atoms with Crippen molar-refractivity contribution in [3.8, 4) is 0 Å². The van der Waals surface area contributed by atoms with Gasteiger partial charge in [0.15, 0.2) is 0 Å². The van der Waals surface area contributed by atoms with Crippen molar-refractivity contribution < 1.29 is 0 Å². The zero-order chi connectivity index (χ0) is 11.5. The van der Waals surface area contributed by atoms with Crippen LogP contribution < -0.4 is 0 Å². The summed E-state index contributed by atoms with van der Waals surface area (Å²) >= 11 is 18.1. The fraction of sp³-hybridized carbons (Fsp3) is 0.385. The molecule has 0 bridgehead atoms. The highest BCUT2D eigenvalue weighted by Gasteiger charge is 2.11. The fourth-order valence-electron chi connectivity index (χ4n) is 1.98. The topological polar surface area (TPSA) is 0 Å². The van der Waals surface area contributed by atoms with Crippen LogP contribution in [0.25, 0.3) is 5.57 Å². The van der Waals surface area contributed by atoms with Crippen LogP contribution >= 0.6 is 34.8 Å². The molecule has 1 unspecified atom stereocenters. The minimum absolute atomic E-state index is 0.145. The van der Waals surface area contributed by atoms with Gasteiger partial charge in [0.1, 0.15) is 0 Å². The largest absolute Gasteiger partial charge is 0.118 e. The molecule has 0 saturated heterocycles. The lowest BCUT2D eigenvalue weighted by Crippen LogP contribution is -1.91. The summed E-state index contributed by atoms with van der Waals surface area (Å²) in [5.41, 5.74) is 2.43. The molecule has 0 aromatic heterocycles. The molecule has 0 saturated carbocycles. The standard InChI is InChI=1S/C13H13Cl3/c14-11-4-2-1-3-9(7-11)10-5-6-12(15)13(16)8-10/h5-8,11H,1-4H2. The molecule has 2 rings (SSSR count). The number of hydrogen-bond acceptors (Lipinski definition) is 0. The van der Waals surface area contributed by atoms with Gasteiger partial charge >= 0.3 is 0 Å². The smallest absolute Gasteiger partial charge is 0.0598 e. The third-order valence-electron chi connectivity index (χ3n) is 2.85. The van der Waals surface area contributed by atoms with E-state index in [1.54, 1.807) is 0 Å². The van der Waals surface area contributed by atoms with Crippen LogP contribution in [0.5, 0.6) is 0 Å². The van der Waals surface area contributed by atoms with Gasteiger partial charge in [0.2, 0.25) is 0 Å². The van der Waals surface area contributed by atoms with Crippen molar-refractivity contribution in [3.05, 3.63) is 39.9 Å². The molecule has 0 aliphatic heterocycles. The highest BCUT2D eigenvalue weighted by molar-refractivity contribution is 6.42. The van der Waals surface area contributed by atoms with Crippen LogP contribution in [0.15, 0.2) is 24.3 Å². The van der Waals surface area contributed by atoms with Gasteiger partial charge in [-0.25, -0.2) is 0 Å². The van der Waals surface area contributed by atoms with Crippen LogP contribution in [-0.2, 0) is 0 Å². The number of allylic oxidation sites excluding steroid dienone is 2. The Labute approximate surface area is 111 Å². The van der Waals surface area contributed by atoms with Crippen molar-refractivity contribution in [2.24, 2.45) is 0 Å². The van der Waals surface area contributed by atoms with Gasteiger partial charge < -0.3 is 0 Å². The third-order valence-corrected chi connectivity index (χ3v) is 3.93. The minimum Gasteiger partial charge on any atom is -0.118 e.